The van der Waals surface area contributed by atoms with Gasteiger partial charge in [0.05, 0.1) is 17.6 Å². The minimum Gasteiger partial charge on any atom is -0.350 e. The predicted octanol–water partition coefficient (Wildman–Crippen LogP) is 2.57. The summed E-state index contributed by atoms with van der Waals surface area (Å²) in [4.78, 5) is 28.1. The summed E-state index contributed by atoms with van der Waals surface area (Å²) in [5.74, 6) is -0.246. The first-order valence-electron chi connectivity index (χ1n) is 7.86. The van der Waals surface area contributed by atoms with Gasteiger partial charge in [-0.1, -0.05) is 6.07 Å². The second kappa shape index (κ2) is 6.70. The van der Waals surface area contributed by atoms with Crippen molar-refractivity contribution in [1.82, 2.24) is 14.9 Å². The van der Waals surface area contributed by atoms with Gasteiger partial charge in [-0.15, -0.1) is 0 Å². The topological polar surface area (TPSA) is 64.0 Å². The summed E-state index contributed by atoms with van der Waals surface area (Å²) in [5, 5.41) is 2.51. The maximum Gasteiger partial charge on any atom is 0.416 e. The summed E-state index contributed by atoms with van der Waals surface area (Å²) in [6, 6.07) is 5.69. The molecule has 5 nitrogen and oxygen atoms in total. The van der Waals surface area contributed by atoms with Gasteiger partial charge in [0.2, 0.25) is 0 Å². The van der Waals surface area contributed by atoms with Gasteiger partial charge in [-0.3, -0.25) is 14.2 Å². The van der Waals surface area contributed by atoms with Gasteiger partial charge < -0.3 is 5.32 Å². The van der Waals surface area contributed by atoms with Crippen LogP contribution < -0.4 is 10.9 Å². The highest BCUT2D eigenvalue weighted by molar-refractivity contribution is 5.94. The van der Waals surface area contributed by atoms with Crippen LogP contribution in [0.15, 0.2) is 41.5 Å². The highest BCUT2D eigenvalue weighted by Crippen LogP contribution is 2.38. The van der Waals surface area contributed by atoms with E-state index in [1.165, 1.54) is 29.1 Å². The molecule has 25 heavy (non-hydrogen) atoms. The fourth-order valence-electron chi connectivity index (χ4n) is 2.44. The van der Waals surface area contributed by atoms with Crippen LogP contribution in [0.2, 0.25) is 0 Å². The van der Waals surface area contributed by atoms with Crippen LogP contribution in [0.1, 0.15) is 40.4 Å². The van der Waals surface area contributed by atoms with E-state index in [1.807, 2.05) is 0 Å². The van der Waals surface area contributed by atoms with Crippen molar-refractivity contribution in [3.8, 4) is 0 Å². The summed E-state index contributed by atoms with van der Waals surface area (Å²) in [5.41, 5.74) is -0.375. The number of benzene rings is 1. The van der Waals surface area contributed by atoms with Gasteiger partial charge in [0.15, 0.2) is 0 Å². The third-order valence-electron chi connectivity index (χ3n) is 3.99. The molecule has 0 unspecified atom stereocenters. The van der Waals surface area contributed by atoms with Crippen molar-refractivity contribution in [2.45, 2.75) is 31.5 Å². The zero-order valence-electron chi connectivity index (χ0n) is 13.2. The largest absolute Gasteiger partial charge is 0.416 e. The van der Waals surface area contributed by atoms with Crippen molar-refractivity contribution >= 4 is 5.91 Å². The maximum atomic E-state index is 12.7. The van der Waals surface area contributed by atoms with E-state index in [0.717, 1.165) is 30.7 Å². The summed E-state index contributed by atoms with van der Waals surface area (Å²) < 4.78 is 39.4. The SMILES string of the molecule is O=C(NCCn1cnc(C2CC2)cc1=O)c1cccc(C(F)(F)F)c1. The van der Waals surface area contributed by atoms with Crippen molar-refractivity contribution < 1.29 is 18.0 Å². The number of alkyl halides is 3. The lowest BCUT2D eigenvalue weighted by atomic mass is 10.1. The van der Waals surface area contributed by atoms with Crippen LogP contribution >= 0.6 is 0 Å². The van der Waals surface area contributed by atoms with E-state index in [4.69, 9.17) is 0 Å². The summed E-state index contributed by atoms with van der Waals surface area (Å²) in [6.45, 7) is 0.306. The van der Waals surface area contributed by atoms with E-state index >= 15 is 0 Å². The average Bonchev–Trinajstić information content (AvgIpc) is 3.40. The fourth-order valence-corrected chi connectivity index (χ4v) is 2.44. The van der Waals surface area contributed by atoms with E-state index in [2.05, 4.69) is 10.3 Å². The molecule has 0 saturated heterocycles. The highest BCUT2D eigenvalue weighted by Gasteiger charge is 2.30. The molecule has 8 heteroatoms. The Morgan fingerprint density at radius 3 is 2.68 bits per heavy atom. The lowest BCUT2D eigenvalue weighted by molar-refractivity contribution is -0.137. The number of nitrogens with zero attached hydrogens (tertiary/aromatic N) is 2. The van der Waals surface area contributed by atoms with Crippen LogP contribution in [-0.2, 0) is 12.7 Å². The lowest BCUT2D eigenvalue weighted by Crippen LogP contribution is -2.31. The molecule has 1 amide bonds. The van der Waals surface area contributed by atoms with E-state index in [0.29, 0.717) is 5.92 Å². The first-order chi connectivity index (χ1) is 11.8. The van der Waals surface area contributed by atoms with Gasteiger partial charge in [-0.05, 0) is 31.0 Å². The number of hydrogen-bond donors (Lipinski definition) is 1. The Morgan fingerprint density at radius 1 is 1.28 bits per heavy atom. The molecule has 3 rings (SSSR count). The molecule has 1 N–H and O–H groups in total. The van der Waals surface area contributed by atoms with E-state index in [9.17, 15) is 22.8 Å². The number of rotatable bonds is 5. The first kappa shape index (κ1) is 17.2. The number of carbonyl (C=O) groups is 1. The summed E-state index contributed by atoms with van der Waals surface area (Å²) in [7, 11) is 0. The highest BCUT2D eigenvalue weighted by atomic mass is 19.4. The number of nitrogens with one attached hydrogen (secondary N) is 1. The Kier molecular flexibility index (Phi) is 4.61. The fraction of sp³-hybridized carbons (Fsp3) is 0.353. The molecule has 0 spiro atoms. The molecule has 1 aliphatic carbocycles. The van der Waals surface area contributed by atoms with Crippen LogP contribution in [0.4, 0.5) is 13.2 Å². The predicted molar refractivity (Wildman–Crippen MR) is 84.2 cm³/mol. The van der Waals surface area contributed by atoms with Crippen molar-refractivity contribution in [2.24, 2.45) is 0 Å². The molecule has 1 aromatic heterocycles. The lowest BCUT2D eigenvalue weighted by Gasteiger charge is -2.10. The third-order valence-corrected chi connectivity index (χ3v) is 3.99. The van der Waals surface area contributed by atoms with Gasteiger partial charge in [-0.25, -0.2) is 4.98 Å². The molecule has 2 aromatic rings. The van der Waals surface area contributed by atoms with Crippen molar-refractivity contribution in [2.75, 3.05) is 6.54 Å². The Bertz CT molecular complexity index is 842. The Balaban J connectivity index is 1.59. The normalized spacial score (nSPS) is 14.4. The molecule has 1 aromatic carbocycles. The van der Waals surface area contributed by atoms with Crippen molar-refractivity contribution in [3.05, 3.63) is 63.8 Å². The van der Waals surface area contributed by atoms with Gasteiger partial charge in [0.1, 0.15) is 0 Å². The summed E-state index contributed by atoms with van der Waals surface area (Å²) in [6.07, 6.45) is -0.974. The number of amides is 1. The smallest absolute Gasteiger partial charge is 0.350 e. The average molecular weight is 351 g/mol. The number of hydrogen-bond acceptors (Lipinski definition) is 3. The van der Waals surface area contributed by atoms with E-state index < -0.39 is 17.6 Å². The van der Waals surface area contributed by atoms with Gasteiger partial charge >= 0.3 is 6.18 Å². The molecule has 1 fully saturated rings. The third kappa shape index (κ3) is 4.26. The first-order valence-corrected chi connectivity index (χ1v) is 7.86. The standard InChI is InChI=1S/C17H16F3N3O2/c18-17(19,20)13-3-1-2-12(8-13)16(25)21-6-7-23-10-22-14(9-15(23)24)11-4-5-11/h1-3,8-11H,4-7H2,(H,21,25). The number of aromatic nitrogens is 2. The molecular formula is C17H16F3N3O2. The van der Waals surface area contributed by atoms with Crippen LogP contribution in [0, 0.1) is 0 Å². The van der Waals surface area contributed by atoms with Crippen molar-refractivity contribution in [1.29, 1.82) is 0 Å². The molecule has 0 aliphatic heterocycles. The number of halogens is 3. The molecule has 0 bridgehead atoms. The minimum atomic E-state index is -4.50. The summed E-state index contributed by atoms with van der Waals surface area (Å²) >= 11 is 0. The zero-order chi connectivity index (χ0) is 18.0. The van der Waals surface area contributed by atoms with Gasteiger partial charge in [0, 0.05) is 30.6 Å². The second-order valence-electron chi connectivity index (χ2n) is 5.95. The van der Waals surface area contributed by atoms with Crippen molar-refractivity contribution in [3.63, 3.8) is 0 Å². The maximum absolute atomic E-state index is 12.7. The zero-order valence-corrected chi connectivity index (χ0v) is 13.2. The molecular weight excluding hydrogens is 335 g/mol. The Morgan fingerprint density at radius 2 is 2.04 bits per heavy atom. The quantitative estimate of drug-likeness (QED) is 0.901. The van der Waals surface area contributed by atoms with Gasteiger partial charge in [0.25, 0.3) is 11.5 Å². The van der Waals surface area contributed by atoms with Gasteiger partial charge in [-0.2, -0.15) is 13.2 Å². The molecule has 1 aliphatic rings. The number of carbonyl (C=O) groups excluding carboxylic acids is 1. The minimum absolute atomic E-state index is 0.0793. The van der Waals surface area contributed by atoms with Crippen LogP contribution in [0.5, 0.6) is 0 Å². The molecule has 0 atom stereocenters. The van der Waals surface area contributed by atoms with E-state index in [1.54, 1.807) is 0 Å². The van der Waals surface area contributed by atoms with Crippen LogP contribution in [0.25, 0.3) is 0 Å². The van der Waals surface area contributed by atoms with E-state index in [-0.39, 0.29) is 24.2 Å². The monoisotopic (exact) mass is 351 g/mol. The molecule has 132 valence electrons. The molecule has 1 heterocycles. The Hall–Kier alpha value is -2.64. The Labute approximate surface area is 141 Å². The second-order valence-corrected chi connectivity index (χ2v) is 5.95. The molecule has 0 radical (unpaired) electrons. The van der Waals surface area contributed by atoms with Crippen LogP contribution in [-0.4, -0.2) is 22.0 Å². The van der Waals surface area contributed by atoms with Crippen LogP contribution in [0.3, 0.4) is 0 Å². The molecule has 1 saturated carbocycles.